The minimum atomic E-state index is 0.664. The highest BCUT2D eigenvalue weighted by Gasteiger charge is 2.19. The van der Waals surface area contributed by atoms with E-state index < -0.39 is 0 Å². The third kappa shape index (κ3) is 3.06. The van der Waals surface area contributed by atoms with Crippen molar-refractivity contribution in [2.75, 3.05) is 19.6 Å². The zero-order chi connectivity index (χ0) is 10.7. The Kier molecular flexibility index (Phi) is 3.83. The summed E-state index contributed by atoms with van der Waals surface area (Å²) in [5.74, 6) is 1.69. The molecule has 2 rings (SSSR count). The quantitative estimate of drug-likeness (QED) is 0.918. The van der Waals surface area contributed by atoms with Crippen molar-refractivity contribution in [1.82, 2.24) is 4.90 Å². The summed E-state index contributed by atoms with van der Waals surface area (Å²) < 4.78 is 6.31. The van der Waals surface area contributed by atoms with E-state index >= 15 is 0 Å². The highest BCUT2D eigenvalue weighted by molar-refractivity contribution is 9.10. The first kappa shape index (κ1) is 11.2. The Hall–Kier alpha value is -0.320. The van der Waals surface area contributed by atoms with Crippen LogP contribution in [-0.2, 0) is 6.54 Å². The molecule has 2 heterocycles. The van der Waals surface area contributed by atoms with Crippen molar-refractivity contribution in [3.05, 3.63) is 22.6 Å². The van der Waals surface area contributed by atoms with E-state index in [1.807, 2.05) is 12.1 Å². The van der Waals surface area contributed by atoms with Gasteiger partial charge in [0, 0.05) is 6.54 Å². The van der Waals surface area contributed by atoms with E-state index in [4.69, 9.17) is 10.2 Å². The summed E-state index contributed by atoms with van der Waals surface area (Å²) in [7, 11) is 0. The number of halogens is 1. The molecule has 1 atom stereocenters. The zero-order valence-electron chi connectivity index (χ0n) is 8.79. The Labute approximate surface area is 98.7 Å². The van der Waals surface area contributed by atoms with E-state index in [1.54, 1.807) is 0 Å². The molecular weight excluding hydrogens is 256 g/mol. The monoisotopic (exact) mass is 272 g/mol. The topological polar surface area (TPSA) is 42.4 Å². The van der Waals surface area contributed by atoms with Crippen LogP contribution in [0.15, 0.2) is 21.2 Å². The second-order valence-electron chi connectivity index (χ2n) is 4.18. The standard InChI is InChI=1S/C11H17BrN2O/c12-11-4-3-10(15-11)8-14-5-1-2-9(6-13)7-14/h3-4,9H,1-2,5-8,13H2. The smallest absolute Gasteiger partial charge is 0.169 e. The van der Waals surface area contributed by atoms with Crippen LogP contribution in [0.1, 0.15) is 18.6 Å². The van der Waals surface area contributed by atoms with Gasteiger partial charge in [-0.1, -0.05) is 0 Å². The lowest BCUT2D eigenvalue weighted by molar-refractivity contribution is 0.160. The summed E-state index contributed by atoms with van der Waals surface area (Å²) in [6, 6.07) is 3.97. The molecule has 1 aromatic rings. The van der Waals surface area contributed by atoms with Gasteiger partial charge in [0.2, 0.25) is 0 Å². The Morgan fingerprint density at radius 1 is 1.53 bits per heavy atom. The van der Waals surface area contributed by atoms with Gasteiger partial charge >= 0.3 is 0 Å². The Balaban J connectivity index is 1.88. The fourth-order valence-electron chi connectivity index (χ4n) is 2.14. The average Bonchev–Trinajstić information content (AvgIpc) is 2.64. The molecule has 15 heavy (non-hydrogen) atoms. The van der Waals surface area contributed by atoms with Crippen molar-refractivity contribution in [2.24, 2.45) is 11.7 Å². The first-order chi connectivity index (χ1) is 7.28. The molecule has 1 saturated heterocycles. The lowest BCUT2D eigenvalue weighted by Gasteiger charge is -2.31. The maximum atomic E-state index is 5.71. The maximum absolute atomic E-state index is 5.71. The van der Waals surface area contributed by atoms with Gasteiger partial charge in [0.25, 0.3) is 0 Å². The van der Waals surface area contributed by atoms with Crippen LogP contribution in [0.4, 0.5) is 0 Å². The molecule has 1 aliphatic rings. The summed E-state index contributed by atoms with van der Waals surface area (Å²) >= 11 is 3.32. The Bertz CT molecular complexity index is 313. The Morgan fingerprint density at radius 3 is 3.07 bits per heavy atom. The summed E-state index contributed by atoms with van der Waals surface area (Å²) in [4.78, 5) is 2.42. The van der Waals surface area contributed by atoms with Gasteiger partial charge in [0.15, 0.2) is 4.67 Å². The molecule has 0 spiro atoms. The van der Waals surface area contributed by atoms with Crippen LogP contribution in [0, 0.1) is 5.92 Å². The minimum Gasteiger partial charge on any atom is -0.453 e. The van der Waals surface area contributed by atoms with E-state index in [-0.39, 0.29) is 0 Å². The van der Waals surface area contributed by atoms with Crippen LogP contribution < -0.4 is 5.73 Å². The fraction of sp³-hybridized carbons (Fsp3) is 0.636. The van der Waals surface area contributed by atoms with Crippen molar-refractivity contribution in [2.45, 2.75) is 19.4 Å². The number of furan rings is 1. The first-order valence-electron chi connectivity index (χ1n) is 5.44. The number of rotatable bonds is 3. The molecule has 1 unspecified atom stereocenters. The van der Waals surface area contributed by atoms with Crippen molar-refractivity contribution >= 4 is 15.9 Å². The van der Waals surface area contributed by atoms with Crippen molar-refractivity contribution in [1.29, 1.82) is 0 Å². The van der Waals surface area contributed by atoms with Gasteiger partial charge in [0.05, 0.1) is 6.54 Å². The summed E-state index contributed by atoms with van der Waals surface area (Å²) in [6.45, 7) is 3.98. The van der Waals surface area contributed by atoms with Gasteiger partial charge in [-0.25, -0.2) is 0 Å². The van der Waals surface area contributed by atoms with E-state index in [0.29, 0.717) is 5.92 Å². The molecule has 2 N–H and O–H groups in total. The summed E-state index contributed by atoms with van der Waals surface area (Å²) in [6.07, 6.45) is 2.53. The molecule has 0 aromatic carbocycles. The van der Waals surface area contributed by atoms with Gasteiger partial charge in [-0.05, 0) is 59.9 Å². The molecule has 1 aliphatic heterocycles. The van der Waals surface area contributed by atoms with Crippen LogP contribution >= 0.6 is 15.9 Å². The minimum absolute atomic E-state index is 0.664. The third-order valence-electron chi connectivity index (χ3n) is 2.94. The number of piperidine rings is 1. The summed E-state index contributed by atoms with van der Waals surface area (Å²) in [5.41, 5.74) is 5.71. The molecule has 0 aliphatic carbocycles. The van der Waals surface area contributed by atoms with Crippen LogP contribution in [0.25, 0.3) is 0 Å². The van der Waals surface area contributed by atoms with Crippen LogP contribution in [0.5, 0.6) is 0 Å². The van der Waals surface area contributed by atoms with E-state index in [9.17, 15) is 0 Å². The molecule has 3 nitrogen and oxygen atoms in total. The van der Waals surface area contributed by atoms with Crippen LogP contribution in [-0.4, -0.2) is 24.5 Å². The van der Waals surface area contributed by atoms with E-state index in [2.05, 4.69) is 20.8 Å². The van der Waals surface area contributed by atoms with Crippen molar-refractivity contribution in [3.63, 3.8) is 0 Å². The molecule has 0 bridgehead atoms. The molecule has 0 radical (unpaired) electrons. The average molecular weight is 273 g/mol. The van der Waals surface area contributed by atoms with E-state index in [0.717, 1.165) is 36.6 Å². The third-order valence-corrected chi connectivity index (χ3v) is 3.37. The number of nitrogens with zero attached hydrogens (tertiary/aromatic N) is 1. The number of hydrogen-bond acceptors (Lipinski definition) is 3. The second-order valence-corrected chi connectivity index (χ2v) is 4.97. The Morgan fingerprint density at radius 2 is 2.40 bits per heavy atom. The molecule has 0 saturated carbocycles. The molecule has 1 aromatic heterocycles. The largest absolute Gasteiger partial charge is 0.453 e. The second kappa shape index (κ2) is 5.14. The molecule has 0 amide bonds. The molecular formula is C11H17BrN2O. The van der Waals surface area contributed by atoms with E-state index in [1.165, 1.54) is 12.8 Å². The van der Waals surface area contributed by atoms with Crippen LogP contribution in [0.2, 0.25) is 0 Å². The van der Waals surface area contributed by atoms with Gasteiger partial charge in [-0.3, -0.25) is 4.90 Å². The number of nitrogens with two attached hydrogens (primary N) is 1. The van der Waals surface area contributed by atoms with Gasteiger partial charge < -0.3 is 10.2 Å². The lowest BCUT2D eigenvalue weighted by Crippen LogP contribution is -2.37. The fourth-order valence-corrected chi connectivity index (χ4v) is 2.48. The predicted octanol–water partition coefficient (Wildman–Crippen LogP) is 2.21. The number of hydrogen-bond donors (Lipinski definition) is 1. The SMILES string of the molecule is NCC1CCCN(Cc2ccc(Br)o2)C1. The lowest BCUT2D eigenvalue weighted by atomic mass is 9.98. The van der Waals surface area contributed by atoms with Crippen molar-refractivity contribution in [3.8, 4) is 0 Å². The molecule has 4 heteroatoms. The van der Waals surface area contributed by atoms with Crippen molar-refractivity contribution < 1.29 is 4.42 Å². The number of likely N-dealkylation sites (tertiary alicyclic amines) is 1. The maximum Gasteiger partial charge on any atom is 0.169 e. The molecule has 84 valence electrons. The highest BCUT2D eigenvalue weighted by atomic mass is 79.9. The highest BCUT2D eigenvalue weighted by Crippen LogP contribution is 2.20. The van der Waals surface area contributed by atoms with Gasteiger partial charge in [0.1, 0.15) is 5.76 Å². The summed E-state index contributed by atoms with van der Waals surface area (Å²) in [5, 5.41) is 0. The predicted molar refractivity (Wildman–Crippen MR) is 63.5 cm³/mol. The van der Waals surface area contributed by atoms with Gasteiger partial charge in [-0.2, -0.15) is 0 Å². The normalized spacial score (nSPS) is 23.2. The van der Waals surface area contributed by atoms with Gasteiger partial charge in [-0.15, -0.1) is 0 Å². The van der Waals surface area contributed by atoms with Crippen LogP contribution in [0.3, 0.4) is 0 Å². The first-order valence-corrected chi connectivity index (χ1v) is 6.24. The molecule has 1 fully saturated rings. The zero-order valence-corrected chi connectivity index (χ0v) is 10.4.